The highest BCUT2D eigenvalue weighted by Crippen LogP contribution is 2.20. The van der Waals surface area contributed by atoms with E-state index in [0.29, 0.717) is 18.7 Å². The van der Waals surface area contributed by atoms with Crippen molar-refractivity contribution in [1.29, 1.82) is 0 Å². The highest BCUT2D eigenvalue weighted by Gasteiger charge is 2.26. The topological polar surface area (TPSA) is 72.8 Å². The molecule has 0 saturated carbocycles. The Bertz CT molecular complexity index is 705. The van der Waals surface area contributed by atoms with Gasteiger partial charge in [0.2, 0.25) is 0 Å². The van der Waals surface area contributed by atoms with E-state index in [-0.39, 0.29) is 18.4 Å². The van der Waals surface area contributed by atoms with Crippen LogP contribution in [0.3, 0.4) is 0 Å². The molecule has 2 atom stereocenters. The first kappa shape index (κ1) is 17.6. The predicted octanol–water partition coefficient (Wildman–Crippen LogP) is 2.11. The minimum absolute atomic E-state index is 0.0285. The van der Waals surface area contributed by atoms with Gasteiger partial charge in [0.15, 0.2) is 0 Å². The summed E-state index contributed by atoms with van der Waals surface area (Å²) in [5.74, 6) is -0.161. The summed E-state index contributed by atoms with van der Waals surface area (Å²) in [7, 11) is 0. The van der Waals surface area contributed by atoms with Gasteiger partial charge in [-0.05, 0) is 42.8 Å². The number of nitrogens with one attached hydrogen (secondary N) is 1. The van der Waals surface area contributed by atoms with Crippen LogP contribution in [0.2, 0.25) is 0 Å². The van der Waals surface area contributed by atoms with E-state index >= 15 is 0 Å². The monoisotopic (exact) mass is 340 g/mol. The van der Waals surface area contributed by atoms with Gasteiger partial charge in [-0.2, -0.15) is 0 Å². The smallest absolute Gasteiger partial charge is 0.255 e. The summed E-state index contributed by atoms with van der Waals surface area (Å²) in [4.78, 5) is 14.6. The van der Waals surface area contributed by atoms with E-state index < -0.39 is 6.10 Å². The normalized spacial score (nSPS) is 21.0. The Morgan fingerprint density at radius 3 is 2.68 bits per heavy atom. The molecule has 2 aromatic carbocycles. The summed E-state index contributed by atoms with van der Waals surface area (Å²) >= 11 is 0. The second kappa shape index (κ2) is 8.25. The molecule has 0 aromatic heterocycles. The van der Waals surface area contributed by atoms with Crippen LogP contribution in [-0.4, -0.2) is 46.8 Å². The molecule has 132 valence electrons. The van der Waals surface area contributed by atoms with Crippen molar-refractivity contribution < 1.29 is 15.0 Å². The number of hydrogen-bond donors (Lipinski definition) is 3. The van der Waals surface area contributed by atoms with E-state index in [0.717, 1.165) is 24.2 Å². The quantitative estimate of drug-likeness (QED) is 0.779. The van der Waals surface area contributed by atoms with Crippen LogP contribution >= 0.6 is 0 Å². The van der Waals surface area contributed by atoms with E-state index in [1.54, 1.807) is 6.07 Å². The van der Waals surface area contributed by atoms with Crippen LogP contribution < -0.4 is 5.32 Å². The fraction of sp³-hybridized carbons (Fsp3) is 0.350. The number of amides is 1. The van der Waals surface area contributed by atoms with E-state index in [9.17, 15) is 15.0 Å². The Hall–Kier alpha value is -2.21. The van der Waals surface area contributed by atoms with Crippen molar-refractivity contribution >= 4 is 11.6 Å². The molecule has 0 radical (unpaired) electrons. The summed E-state index contributed by atoms with van der Waals surface area (Å²) in [6, 6.07) is 16.9. The molecule has 5 nitrogen and oxygen atoms in total. The van der Waals surface area contributed by atoms with Crippen molar-refractivity contribution in [2.45, 2.75) is 19.1 Å². The van der Waals surface area contributed by atoms with Gasteiger partial charge in [0.25, 0.3) is 5.91 Å². The lowest BCUT2D eigenvalue weighted by Gasteiger charge is -2.35. The van der Waals surface area contributed by atoms with Gasteiger partial charge in [0.05, 0.1) is 6.10 Å². The largest absolute Gasteiger partial charge is 0.396 e. The molecule has 1 amide bonds. The molecule has 1 aliphatic rings. The van der Waals surface area contributed by atoms with E-state index in [1.807, 2.05) is 48.5 Å². The van der Waals surface area contributed by atoms with Gasteiger partial charge in [0.1, 0.15) is 0 Å². The van der Waals surface area contributed by atoms with Crippen LogP contribution in [0.5, 0.6) is 0 Å². The number of carbonyl (C=O) groups is 1. The van der Waals surface area contributed by atoms with Crippen LogP contribution in [0.15, 0.2) is 54.6 Å². The SMILES string of the molecule is O=C(Nc1ccccc1)c1cccc(CN2CCC(CO)C(O)C2)c1. The van der Waals surface area contributed by atoms with Crippen molar-refractivity contribution in [1.82, 2.24) is 4.90 Å². The third-order valence-electron chi connectivity index (χ3n) is 4.67. The molecule has 0 spiro atoms. The van der Waals surface area contributed by atoms with Crippen molar-refractivity contribution in [2.24, 2.45) is 5.92 Å². The molecule has 3 N–H and O–H groups in total. The highest BCUT2D eigenvalue weighted by molar-refractivity contribution is 6.04. The number of hydrogen-bond acceptors (Lipinski definition) is 4. The molecule has 5 heteroatoms. The Morgan fingerprint density at radius 2 is 1.96 bits per heavy atom. The number of aliphatic hydroxyl groups is 2. The summed E-state index contributed by atoms with van der Waals surface area (Å²) in [6.07, 6.45) is 0.287. The first-order valence-corrected chi connectivity index (χ1v) is 8.62. The third kappa shape index (κ3) is 4.66. The lowest BCUT2D eigenvalue weighted by molar-refractivity contribution is -0.00444. The first-order valence-electron chi connectivity index (χ1n) is 8.62. The van der Waals surface area contributed by atoms with Gasteiger partial charge >= 0.3 is 0 Å². The maximum atomic E-state index is 12.4. The average molecular weight is 340 g/mol. The lowest BCUT2D eigenvalue weighted by atomic mass is 9.94. The van der Waals surface area contributed by atoms with Gasteiger partial charge < -0.3 is 15.5 Å². The molecule has 2 aromatic rings. The second-order valence-electron chi connectivity index (χ2n) is 6.55. The van der Waals surface area contributed by atoms with E-state index in [4.69, 9.17) is 0 Å². The summed E-state index contributed by atoms with van der Waals surface area (Å²) in [5.41, 5.74) is 2.43. The number of para-hydroxylation sites is 1. The zero-order valence-corrected chi connectivity index (χ0v) is 14.1. The number of piperidine rings is 1. The van der Waals surface area contributed by atoms with Crippen molar-refractivity contribution in [3.8, 4) is 0 Å². The van der Waals surface area contributed by atoms with Crippen LogP contribution in [0.25, 0.3) is 0 Å². The Balaban J connectivity index is 1.62. The van der Waals surface area contributed by atoms with Crippen molar-refractivity contribution in [3.05, 3.63) is 65.7 Å². The molecule has 2 unspecified atom stereocenters. The number of nitrogens with zero attached hydrogens (tertiary/aromatic N) is 1. The Morgan fingerprint density at radius 1 is 1.16 bits per heavy atom. The summed E-state index contributed by atoms with van der Waals surface area (Å²) in [6.45, 7) is 2.10. The van der Waals surface area contributed by atoms with Crippen LogP contribution in [0, 0.1) is 5.92 Å². The molecule has 1 saturated heterocycles. The van der Waals surface area contributed by atoms with Gasteiger partial charge in [-0.3, -0.25) is 9.69 Å². The molecule has 0 bridgehead atoms. The fourth-order valence-electron chi connectivity index (χ4n) is 3.20. The molecule has 1 heterocycles. The number of β-amino-alcohol motifs (C(OH)–C–C–N with tert-alkyl or cyclic N) is 1. The maximum Gasteiger partial charge on any atom is 0.255 e. The number of benzene rings is 2. The zero-order valence-electron chi connectivity index (χ0n) is 14.1. The molecule has 3 rings (SSSR count). The van der Waals surface area contributed by atoms with Crippen molar-refractivity contribution in [3.63, 3.8) is 0 Å². The van der Waals surface area contributed by atoms with Crippen LogP contribution in [0.4, 0.5) is 5.69 Å². The van der Waals surface area contributed by atoms with Gasteiger partial charge in [-0.25, -0.2) is 0 Å². The molecule has 1 aliphatic heterocycles. The number of aliphatic hydroxyl groups excluding tert-OH is 2. The molecule has 1 fully saturated rings. The maximum absolute atomic E-state index is 12.4. The Labute approximate surface area is 147 Å². The van der Waals surface area contributed by atoms with Gasteiger partial charge in [0, 0.05) is 36.9 Å². The summed E-state index contributed by atoms with van der Waals surface area (Å²) in [5, 5.41) is 22.2. The molecular weight excluding hydrogens is 316 g/mol. The van der Waals surface area contributed by atoms with E-state index in [1.165, 1.54) is 0 Å². The zero-order chi connectivity index (χ0) is 17.6. The number of anilines is 1. The third-order valence-corrected chi connectivity index (χ3v) is 4.67. The summed E-state index contributed by atoms with van der Waals surface area (Å²) < 4.78 is 0. The van der Waals surface area contributed by atoms with Gasteiger partial charge in [-0.15, -0.1) is 0 Å². The predicted molar refractivity (Wildman–Crippen MR) is 97.3 cm³/mol. The standard InChI is InChI=1S/C20H24N2O3/c23-14-17-9-10-22(13-19(17)24)12-15-5-4-6-16(11-15)20(25)21-18-7-2-1-3-8-18/h1-8,11,17,19,23-24H,9-10,12-14H2,(H,21,25). The van der Waals surface area contributed by atoms with Crippen LogP contribution in [-0.2, 0) is 6.54 Å². The lowest BCUT2D eigenvalue weighted by Crippen LogP contribution is -2.44. The number of carbonyl (C=O) groups excluding carboxylic acids is 1. The second-order valence-corrected chi connectivity index (χ2v) is 6.55. The number of likely N-dealkylation sites (tertiary alicyclic amines) is 1. The molecule has 0 aliphatic carbocycles. The Kier molecular flexibility index (Phi) is 5.81. The minimum atomic E-state index is -0.497. The van der Waals surface area contributed by atoms with Crippen molar-refractivity contribution in [2.75, 3.05) is 25.0 Å². The fourth-order valence-corrected chi connectivity index (χ4v) is 3.20. The average Bonchev–Trinajstić information content (AvgIpc) is 2.63. The van der Waals surface area contributed by atoms with Gasteiger partial charge in [-0.1, -0.05) is 30.3 Å². The van der Waals surface area contributed by atoms with E-state index in [2.05, 4.69) is 10.2 Å². The first-order chi connectivity index (χ1) is 12.2. The number of rotatable bonds is 5. The minimum Gasteiger partial charge on any atom is -0.396 e. The molecule has 25 heavy (non-hydrogen) atoms. The van der Waals surface area contributed by atoms with Crippen LogP contribution in [0.1, 0.15) is 22.3 Å². The highest BCUT2D eigenvalue weighted by atomic mass is 16.3. The molecular formula is C20H24N2O3.